The van der Waals surface area contributed by atoms with Crippen LogP contribution >= 0.6 is 0 Å². The fourth-order valence-corrected chi connectivity index (χ4v) is 5.84. The molecular weight excluding hydrogens is 423 g/mol. The van der Waals surface area contributed by atoms with E-state index in [0.717, 1.165) is 34.4 Å². The fraction of sp³-hybridized carbons (Fsp3) is 0.231. The highest BCUT2D eigenvalue weighted by atomic mass is 32.2. The lowest BCUT2D eigenvalue weighted by atomic mass is 9.77. The number of fused-ring (bicyclic) bond motifs is 3. The minimum atomic E-state index is -3.72. The number of halogens is 1. The van der Waals surface area contributed by atoms with E-state index in [2.05, 4.69) is 22.2 Å². The second-order valence-corrected chi connectivity index (χ2v) is 10.4. The second kappa shape index (κ2) is 7.78. The maximum atomic E-state index is 13.4. The Bertz CT molecular complexity index is 1320. The molecule has 0 radical (unpaired) electrons. The number of anilines is 2. The normalized spacial score (nSPS) is 21.5. The van der Waals surface area contributed by atoms with Gasteiger partial charge in [0.25, 0.3) is 10.0 Å². The van der Waals surface area contributed by atoms with E-state index in [9.17, 15) is 12.8 Å². The van der Waals surface area contributed by atoms with Gasteiger partial charge in [-0.1, -0.05) is 30.4 Å². The van der Waals surface area contributed by atoms with Crippen LogP contribution < -0.4 is 10.0 Å². The van der Waals surface area contributed by atoms with Crippen LogP contribution in [0.15, 0.2) is 77.7 Å². The van der Waals surface area contributed by atoms with Gasteiger partial charge in [0, 0.05) is 17.3 Å². The van der Waals surface area contributed by atoms with Gasteiger partial charge in [0.05, 0.1) is 10.9 Å². The van der Waals surface area contributed by atoms with E-state index in [1.165, 1.54) is 12.1 Å². The lowest BCUT2D eigenvalue weighted by molar-refractivity contribution is 0.424. The summed E-state index contributed by atoms with van der Waals surface area (Å²) in [4.78, 5) is 0.246. The fourth-order valence-electron chi connectivity index (χ4n) is 4.76. The molecule has 2 aliphatic rings. The molecule has 0 unspecified atom stereocenters. The van der Waals surface area contributed by atoms with Crippen LogP contribution in [0, 0.1) is 25.6 Å². The molecule has 0 fully saturated rings. The molecule has 164 valence electrons. The smallest absolute Gasteiger partial charge is 0.261 e. The lowest BCUT2D eigenvalue weighted by Crippen LogP contribution is -2.29. The van der Waals surface area contributed by atoms with Crippen molar-refractivity contribution < 1.29 is 12.8 Å². The number of sulfonamides is 1. The first-order valence-electron chi connectivity index (χ1n) is 10.7. The average molecular weight is 449 g/mol. The van der Waals surface area contributed by atoms with Crippen LogP contribution in [0.4, 0.5) is 15.8 Å². The van der Waals surface area contributed by atoms with Gasteiger partial charge >= 0.3 is 0 Å². The first kappa shape index (κ1) is 20.8. The number of benzene rings is 3. The molecule has 0 amide bonds. The number of allylic oxidation sites excluding steroid dienone is 2. The van der Waals surface area contributed by atoms with Gasteiger partial charge in [-0.2, -0.15) is 0 Å². The maximum absolute atomic E-state index is 13.4. The molecule has 0 bridgehead atoms. The Morgan fingerprint density at radius 3 is 2.50 bits per heavy atom. The summed E-state index contributed by atoms with van der Waals surface area (Å²) in [6, 6.07) is 17.4. The molecule has 0 spiro atoms. The Hall–Kier alpha value is -3.12. The molecule has 1 heterocycles. The van der Waals surface area contributed by atoms with Gasteiger partial charge in [0.2, 0.25) is 0 Å². The third-order valence-corrected chi connectivity index (χ3v) is 8.01. The summed E-state index contributed by atoms with van der Waals surface area (Å²) in [6.45, 7) is 3.96. The zero-order valence-corrected chi connectivity index (χ0v) is 18.8. The van der Waals surface area contributed by atoms with Crippen LogP contribution in [0.25, 0.3) is 0 Å². The van der Waals surface area contributed by atoms with Gasteiger partial charge in [-0.15, -0.1) is 0 Å². The molecule has 3 atom stereocenters. The number of aryl methyl sites for hydroxylation is 2. The highest BCUT2D eigenvalue weighted by molar-refractivity contribution is 7.92. The van der Waals surface area contributed by atoms with Crippen LogP contribution in [0.1, 0.15) is 40.6 Å². The van der Waals surface area contributed by atoms with Gasteiger partial charge in [-0.25, -0.2) is 12.8 Å². The summed E-state index contributed by atoms with van der Waals surface area (Å²) in [5.74, 6) is 0.105. The van der Waals surface area contributed by atoms with Crippen LogP contribution in [0.5, 0.6) is 0 Å². The quantitative estimate of drug-likeness (QED) is 0.476. The Balaban J connectivity index is 1.48. The van der Waals surface area contributed by atoms with Crippen LogP contribution in [0.3, 0.4) is 0 Å². The summed E-state index contributed by atoms with van der Waals surface area (Å²) >= 11 is 0. The summed E-state index contributed by atoms with van der Waals surface area (Å²) in [7, 11) is -3.72. The largest absolute Gasteiger partial charge is 0.378 e. The first-order valence-corrected chi connectivity index (χ1v) is 12.2. The van der Waals surface area contributed by atoms with Gasteiger partial charge < -0.3 is 5.32 Å². The second-order valence-electron chi connectivity index (χ2n) is 8.68. The Morgan fingerprint density at radius 1 is 0.969 bits per heavy atom. The van der Waals surface area contributed by atoms with Crippen molar-refractivity contribution in [2.75, 3.05) is 10.0 Å². The van der Waals surface area contributed by atoms with Crippen molar-refractivity contribution in [3.05, 3.63) is 101 Å². The monoisotopic (exact) mass is 448 g/mol. The van der Waals surface area contributed by atoms with E-state index >= 15 is 0 Å². The van der Waals surface area contributed by atoms with E-state index in [4.69, 9.17) is 0 Å². The zero-order chi connectivity index (χ0) is 22.5. The Labute approximate surface area is 188 Å². The molecule has 1 aliphatic carbocycles. The Kier molecular flexibility index (Phi) is 5.05. The third-order valence-electron chi connectivity index (χ3n) is 6.63. The highest BCUT2D eigenvalue weighted by Gasteiger charge is 2.38. The molecule has 32 heavy (non-hydrogen) atoms. The van der Waals surface area contributed by atoms with Crippen LogP contribution in [-0.4, -0.2) is 8.42 Å². The van der Waals surface area contributed by atoms with Gasteiger partial charge in [-0.05, 0) is 90.9 Å². The van der Waals surface area contributed by atoms with Crippen molar-refractivity contribution in [3.8, 4) is 0 Å². The average Bonchev–Trinajstić information content (AvgIpc) is 3.26. The van der Waals surface area contributed by atoms with Crippen molar-refractivity contribution in [1.82, 2.24) is 0 Å². The molecule has 5 rings (SSSR count). The Morgan fingerprint density at radius 2 is 1.75 bits per heavy atom. The molecule has 0 saturated heterocycles. The summed E-state index contributed by atoms with van der Waals surface area (Å²) in [5.41, 5.74) is 5.62. The number of nitrogens with one attached hydrogen (secondary N) is 2. The molecular formula is C26H25FN2O2S. The number of hydrogen-bond acceptors (Lipinski definition) is 3. The minimum Gasteiger partial charge on any atom is -0.378 e. The molecule has 0 aromatic heterocycles. The van der Waals surface area contributed by atoms with Crippen molar-refractivity contribution in [1.29, 1.82) is 0 Å². The van der Waals surface area contributed by atoms with Gasteiger partial charge in [0.15, 0.2) is 0 Å². The molecule has 6 heteroatoms. The zero-order valence-electron chi connectivity index (χ0n) is 18.0. The molecule has 1 aliphatic heterocycles. The SMILES string of the molecule is Cc1ccc(NS(=O)(=O)c2ccc3c(c2)[C@@H]2C=CC[C@@H]2[C@@H](c2ccc(F)cc2)N3)cc1C. The van der Waals surface area contributed by atoms with E-state index in [1.807, 2.05) is 44.2 Å². The van der Waals surface area contributed by atoms with Crippen LogP contribution in [0.2, 0.25) is 0 Å². The van der Waals surface area contributed by atoms with Crippen molar-refractivity contribution >= 4 is 21.4 Å². The molecule has 2 N–H and O–H groups in total. The summed E-state index contributed by atoms with van der Waals surface area (Å²) < 4.78 is 42.3. The topological polar surface area (TPSA) is 58.2 Å². The van der Waals surface area contributed by atoms with E-state index in [0.29, 0.717) is 5.69 Å². The number of hydrogen-bond donors (Lipinski definition) is 2. The molecule has 3 aromatic carbocycles. The predicted octanol–water partition coefficient (Wildman–Crippen LogP) is 6.07. The van der Waals surface area contributed by atoms with Crippen molar-refractivity contribution in [2.45, 2.75) is 37.1 Å². The van der Waals surface area contributed by atoms with Crippen molar-refractivity contribution in [3.63, 3.8) is 0 Å². The highest BCUT2D eigenvalue weighted by Crippen LogP contribution is 2.50. The molecule has 0 saturated carbocycles. The van der Waals surface area contributed by atoms with Gasteiger partial charge in [0.1, 0.15) is 5.82 Å². The van der Waals surface area contributed by atoms with E-state index < -0.39 is 10.0 Å². The van der Waals surface area contributed by atoms with Crippen molar-refractivity contribution in [2.24, 2.45) is 5.92 Å². The lowest BCUT2D eigenvalue weighted by Gasteiger charge is -2.37. The van der Waals surface area contributed by atoms with E-state index in [1.54, 1.807) is 18.2 Å². The van der Waals surface area contributed by atoms with Crippen LogP contribution in [-0.2, 0) is 10.0 Å². The summed E-state index contributed by atoms with van der Waals surface area (Å²) in [5, 5.41) is 3.57. The maximum Gasteiger partial charge on any atom is 0.261 e. The minimum absolute atomic E-state index is 0.0409. The molecule has 4 nitrogen and oxygen atoms in total. The first-order chi connectivity index (χ1) is 15.3. The standard InChI is InChI=1S/C26H25FN2O2S/c1-16-6-11-20(14-17(16)2)29-32(30,31)21-12-13-25-24(15-21)22-4-3-5-23(22)26(28-25)18-7-9-19(27)10-8-18/h3-4,6-15,22-23,26,28-29H,5H2,1-2H3/t22-,23+,26-/m1/s1. The molecule has 3 aromatic rings. The number of rotatable bonds is 4. The third kappa shape index (κ3) is 3.69. The predicted molar refractivity (Wildman–Crippen MR) is 126 cm³/mol. The van der Waals surface area contributed by atoms with E-state index in [-0.39, 0.29) is 28.6 Å². The van der Waals surface area contributed by atoms with Gasteiger partial charge in [-0.3, -0.25) is 4.72 Å². The summed E-state index contributed by atoms with van der Waals surface area (Å²) in [6.07, 6.45) is 5.20.